The highest BCUT2D eigenvalue weighted by Crippen LogP contribution is 2.48. The largest absolute Gasteiger partial charge is 0.396 e. The molecule has 1 aliphatic carbocycles. The summed E-state index contributed by atoms with van der Waals surface area (Å²) in [5.41, 5.74) is 5.74. The second-order valence-corrected chi connectivity index (χ2v) is 4.67. The van der Waals surface area contributed by atoms with Crippen molar-refractivity contribution in [2.45, 2.75) is 25.4 Å². The number of aromatic nitrogens is 2. The molecule has 6 heteroatoms. The van der Waals surface area contributed by atoms with Crippen molar-refractivity contribution in [2.24, 2.45) is 11.8 Å². The van der Waals surface area contributed by atoms with E-state index in [2.05, 4.69) is 9.97 Å². The van der Waals surface area contributed by atoms with E-state index in [0.717, 1.165) is 6.42 Å². The Labute approximate surface area is 98.5 Å². The number of anilines is 1. The zero-order valence-corrected chi connectivity index (χ0v) is 9.63. The van der Waals surface area contributed by atoms with Gasteiger partial charge in [-0.05, 0) is 25.2 Å². The van der Waals surface area contributed by atoms with Gasteiger partial charge < -0.3 is 20.9 Å². The van der Waals surface area contributed by atoms with E-state index in [1.54, 1.807) is 13.0 Å². The summed E-state index contributed by atoms with van der Waals surface area (Å²) in [7, 11) is 0. The molecule has 0 saturated heterocycles. The molecule has 0 aromatic carbocycles. The van der Waals surface area contributed by atoms with E-state index >= 15 is 0 Å². The maximum absolute atomic E-state index is 11.2. The molecule has 0 aliphatic heterocycles. The lowest BCUT2D eigenvalue weighted by Gasteiger charge is -2.45. The Morgan fingerprint density at radius 1 is 1.71 bits per heavy atom. The van der Waals surface area contributed by atoms with Crippen LogP contribution in [0.3, 0.4) is 0 Å². The summed E-state index contributed by atoms with van der Waals surface area (Å²) in [5.74, 6) is 0.251. The smallest absolute Gasteiger partial charge is 0.347 e. The van der Waals surface area contributed by atoms with E-state index in [0.29, 0.717) is 5.69 Å². The van der Waals surface area contributed by atoms with Gasteiger partial charge in [0.1, 0.15) is 5.82 Å². The Morgan fingerprint density at radius 3 is 2.94 bits per heavy atom. The van der Waals surface area contributed by atoms with Crippen molar-refractivity contribution in [1.29, 1.82) is 0 Å². The van der Waals surface area contributed by atoms with Crippen molar-refractivity contribution >= 4 is 5.82 Å². The van der Waals surface area contributed by atoms with Crippen LogP contribution in [0.1, 0.15) is 25.0 Å². The van der Waals surface area contributed by atoms with Crippen molar-refractivity contribution < 1.29 is 10.2 Å². The van der Waals surface area contributed by atoms with E-state index in [1.165, 1.54) is 0 Å². The van der Waals surface area contributed by atoms with Crippen LogP contribution >= 0.6 is 0 Å². The molecule has 1 aromatic rings. The van der Waals surface area contributed by atoms with E-state index in [4.69, 9.17) is 10.8 Å². The minimum atomic E-state index is -0.524. The highest BCUT2D eigenvalue weighted by Gasteiger charge is 2.44. The summed E-state index contributed by atoms with van der Waals surface area (Å²) in [5, 5.41) is 18.9. The molecule has 2 rings (SSSR count). The SMILES string of the molecule is CC(O)C1C(CO)CC1c1cc(N)nc(=O)[nH]1. The molecule has 5 N–H and O–H groups in total. The highest BCUT2D eigenvalue weighted by molar-refractivity contribution is 5.31. The maximum Gasteiger partial charge on any atom is 0.347 e. The summed E-state index contributed by atoms with van der Waals surface area (Å²) in [4.78, 5) is 17.4. The van der Waals surface area contributed by atoms with Crippen molar-refractivity contribution in [3.05, 3.63) is 22.2 Å². The van der Waals surface area contributed by atoms with Crippen LogP contribution in [0.2, 0.25) is 0 Å². The van der Waals surface area contributed by atoms with Gasteiger partial charge in [0.25, 0.3) is 0 Å². The van der Waals surface area contributed by atoms with Crippen LogP contribution < -0.4 is 11.4 Å². The first kappa shape index (κ1) is 12.1. The average Bonchev–Trinajstić information content (AvgIpc) is 2.13. The topological polar surface area (TPSA) is 112 Å². The number of nitrogens with zero attached hydrogens (tertiary/aromatic N) is 1. The third-order valence-corrected chi connectivity index (χ3v) is 3.54. The quantitative estimate of drug-likeness (QED) is 0.565. The van der Waals surface area contributed by atoms with E-state index in [-0.39, 0.29) is 30.2 Å². The molecule has 17 heavy (non-hydrogen) atoms. The van der Waals surface area contributed by atoms with Gasteiger partial charge in [0.2, 0.25) is 0 Å². The lowest BCUT2D eigenvalue weighted by molar-refractivity contribution is -0.0245. The maximum atomic E-state index is 11.2. The molecule has 4 unspecified atom stereocenters. The van der Waals surface area contributed by atoms with E-state index in [1.807, 2.05) is 0 Å². The van der Waals surface area contributed by atoms with Gasteiger partial charge in [0.15, 0.2) is 0 Å². The predicted molar refractivity (Wildman–Crippen MR) is 62.4 cm³/mol. The number of nitrogens with one attached hydrogen (secondary N) is 1. The first-order valence-electron chi connectivity index (χ1n) is 5.68. The van der Waals surface area contributed by atoms with Crippen LogP contribution in [0.5, 0.6) is 0 Å². The number of aliphatic hydroxyl groups excluding tert-OH is 2. The number of hydrogen-bond donors (Lipinski definition) is 4. The lowest BCUT2D eigenvalue weighted by Crippen LogP contribution is -2.44. The van der Waals surface area contributed by atoms with Crippen LogP contribution in [-0.2, 0) is 0 Å². The Kier molecular flexibility index (Phi) is 3.17. The second kappa shape index (κ2) is 4.46. The lowest BCUT2D eigenvalue weighted by atomic mass is 9.61. The van der Waals surface area contributed by atoms with Crippen molar-refractivity contribution in [1.82, 2.24) is 9.97 Å². The minimum absolute atomic E-state index is 0.0325. The van der Waals surface area contributed by atoms with E-state index in [9.17, 15) is 9.90 Å². The second-order valence-electron chi connectivity index (χ2n) is 4.67. The molecule has 94 valence electrons. The zero-order valence-electron chi connectivity index (χ0n) is 9.63. The molecule has 0 amide bonds. The van der Waals surface area contributed by atoms with Gasteiger partial charge in [-0.2, -0.15) is 4.98 Å². The van der Waals surface area contributed by atoms with Gasteiger partial charge in [0.05, 0.1) is 6.10 Å². The number of aliphatic hydroxyl groups is 2. The number of aromatic amines is 1. The number of H-pyrrole nitrogens is 1. The standard InChI is InChI=1S/C11H17N3O3/c1-5(16)10-6(4-15)2-7(10)8-3-9(12)14-11(17)13-8/h3,5-7,10,15-16H,2,4H2,1H3,(H3,12,13,14,17). The summed E-state index contributed by atoms with van der Waals surface area (Å²) >= 11 is 0. The Balaban J connectivity index is 2.26. The van der Waals surface area contributed by atoms with Crippen LogP contribution in [0.4, 0.5) is 5.82 Å². The minimum Gasteiger partial charge on any atom is -0.396 e. The van der Waals surface area contributed by atoms with Gasteiger partial charge in [-0.15, -0.1) is 0 Å². The van der Waals surface area contributed by atoms with Crippen molar-refractivity contribution in [3.8, 4) is 0 Å². The molecule has 0 radical (unpaired) electrons. The van der Waals surface area contributed by atoms with Crippen LogP contribution in [0.15, 0.2) is 10.9 Å². The van der Waals surface area contributed by atoms with E-state index < -0.39 is 11.8 Å². The summed E-state index contributed by atoms with van der Waals surface area (Å²) in [6, 6.07) is 1.62. The summed E-state index contributed by atoms with van der Waals surface area (Å²) in [6.07, 6.45) is 0.217. The fourth-order valence-corrected chi connectivity index (χ4v) is 2.73. The fraction of sp³-hybridized carbons (Fsp3) is 0.636. The number of nitrogens with two attached hydrogens (primary N) is 1. The zero-order chi connectivity index (χ0) is 12.6. The first-order valence-corrected chi connectivity index (χ1v) is 5.68. The third-order valence-electron chi connectivity index (χ3n) is 3.54. The van der Waals surface area contributed by atoms with Crippen molar-refractivity contribution in [3.63, 3.8) is 0 Å². The molecule has 4 atom stereocenters. The molecule has 1 heterocycles. The molecule has 1 aliphatic rings. The van der Waals surface area contributed by atoms with Gasteiger partial charge in [0, 0.05) is 24.3 Å². The van der Waals surface area contributed by atoms with Gasteiger partial charge in [-0.3, -0.25) is 0 Å². The van der Waals surface area contributed by atoms with Crippen LogP contribution in [-0.4, -0.2) is 32.9 Å². The first-order chi connectivity index (χ1) is 8.02. The predicted octanol–water partition coefficient (Wildman–Crippen LogP) is -0.555. The average molecular weight is 239 g/mol. The van der Waals surface area contributed by atoms with Crippen molar-refractivity contribution in [2.75, 3.05) is 12.3 Å². The molecular weight excluding hydrogens is 222 g/mol. The number of rotatable bonds is 3. The van der Waals surface area contributed by atoms with Crippen LogP contribution in [0, 0.1) is 11.8 Å². The number of hydrogen-bond acceptors (Lipinski definition) is 5. The highest BCUT2D eigenvalue weighted by atomic mass is 16.3. The summed E-state index contributed by atoms with van der Waals surface area (Å²) in [6.45, 7) is 1.75. The fourth-order valence-electron chi connectivity index (χ4n) is 2.73. The monoisotopic (exact) mass is 239 g/mol. The van der Waals surface area contributed by atoms with Gasteiger partial charge >= 0.3 is 5.69 Å². The Morgan fingerprint density at radius 2 is 2.41 bits per heavy atom. The molecule has 0 spiro atoms. The van der Waals surface area contributed by atoms with Crippen LogP contribution in [0.25, 0.3) is 0 Å². The molecule has 1 aromatic heterocycles. The molecule has 1 saturated carbocycles. The number of nitrogen functional groups attached to an aromatic ring is 1. The normalized spacial score (nSPS) is 29.7. The molecule has 6 nitrogen and oxygen atoms in total. The molecule has 0 bridgehead atoms. The summed E-state index contributed by atoms with van der Waals surface area (Å²) < 4.78 is 0. The van der Waals surface area contributed by atoms with Gasteiger partial charge in [-0.25, -0.2) is 4.79 Å². The molecule has 1 fully saturated rings. The Hall–Kier alpha value is -1.40. The molecular formula is C11H17N3O3. The van der Waals surface area contributed by atoms with Gasteiger partial charge in [-0.1, -0.05) is 0 Å². The third kappa shape index (κ3) is 2.18. The Bertz CT molecular complexity index is 458.